The molecular formula is C14H28N2. The van der Waals surface area contributed by atoms with Gasteiger partial charge in [0.1, 0.15) is 0 Å². The van der Waals surface area contributed by atoms with E-state index in [0.717, 1.165) is 18.0 Å². The monoisotopic (exact) mass is 224 g/mol. The molecule has 0 aromatic heterocycles. The second-order valence-corrected chi connectivity index (χ2v) is 5.82. The van der Waals surface area contributed by atoms with Crippen LogP contribution in [0.1, 0.15) is 52.4 Å². The Labute approximate surface area is 101 Å². The van der Waals surface area contributed by atoms with E-state index in [1.165, 1.54) is 58.2 Å². The number of nitrogens with zero attached hydrogens (tertiary/aromatic N) is 1. The Morgan fingerprint density at radius 2 is 2.06 bits per heavy atom. The van der Waals surface area contributed by atoms with Gasteiger partial charge in [0.05, 0.1) is 0 Å². The van der Waals surface area contributed by atoms with Crippen molar-refractivity contribution in [3.63, 3.8) is 0 Å². The fraction of sp³-hybridized carbons (Fsp3) is 1.00. The van der Waals surface area contributed by atoms with E-state index >= 15 is 0 Å². The lowest BCUT2D eigenvalue weighted by Crippen LogP contribution is -2.53. The lowest BCUT2D eigenvalue weighted by Gasteiger charge is -2.38. The van der Waals surface area contributed by atoms with Gasteiger partial charge in [-0.2, -0.15) is 0 Å². The average Bonchev–Trinajstić information content (AvgIpc) is 2.54. The summed E-state index contributed by atoms with van der Waals surface area (Å²) in [7, 11) is 0. The van der Waals surface area contributed by atoms with Gasteiger partial charge in [-0.05, 0) is 31.6 Å². The Kier molecular flexibility index (Phi) is 4.66. The quantitative estimate of drug-likeness (QED) is 0.725. The largest absolute Gasteiger partial charge is 0.311 e. The first kappa shape index (κ1) is 12.4. The van der Waals surface area contributed by atoms with Gasteiger partial charge in [-0.15, -0.1) is 0 Å². The highest BCUT2D eigenvalue weighted by atomic mass is 15.2. The second-order valence-electron chi connectivity index (χ2n) is 5.82. The molecule has 0 radical (unpaired) electrons. The van der Waals surface area contributed by atoms with E-state index in [0.29, 0.717) is 0 Å². The van der Waals surface area contributed by atoms with E-state index < -0.39 is 0 Å². The highest BCUT2D eigenvalue weighted by molar-refractivity contribution is 4.84. The zero-order chi connectivity index (χ0) is 11.4. The fourth-order valence-corrected chi connectivity index (χ4v) is 3.29. The molecule has 1 heterocycles. The molecule has 3 unspecified atom stereocenters. The SMILES string of the molecule is CCC1CN(C2CCCC(C)CC2)CCN1. The Morgan fingerprint density at radius 3 is 2.88 bits per heavy atom. The summed E-state index contributed by atoms with van der Waals surface area (Å²) in [6.45, 7) is 8.49. The van der Waals surface area contributed by atoms with E-state index in [-0.39, 0.29) is 0 Å². The molecule has 1 saturated carbocycles. The molecule has 2 fully saturated rings. The van der Waals surface area contributed by atoms with Crippen molar-refractivity contribution in [2.45, 2.75) is 64.5 Å². The van der Waals surface area contributed by atoms with Crippen LogP contribution in [0, 0.1) is 5.92 Å². The third-order valence-corrected chi connectivity index (χ3v) is 4.52. The van der Waals surface area contributed by atoms with Gasteiger partial charge in [0.15, 0.2) is 0 Å². The maximum Gasteiger partial charge on any atom is 0.0193 e. The van der Waals surface area contributed by atoms with Crippen LogP contribution < -0.4 is 5.32 Å². The lowest BCUT2D eigenvalue weighted by atomic mass is 10.0. The summed E-state index contributed by atoms with van der Waals surface area (Å²) in [4.78, 5) is 2.77. The smallest absolute Gasteiger partial charge is 0.0193 e. The summed E-state index contributed by atoms with van der Waals surface area (Å²) in [5.74, 6) is 0.967. The highest BCUT2D eigenvalue weighted by Crippen LogP contribution is 2.26. The number of rotatable bonds is 2. The van der Waals surface area contributed by atoms with Crippen LogP contribution in [-0.4, -0.2) is 36.6 Å². The topological polar surface area (TPSA) is 15.3 Å². The van der Waals surface area contributed by atoms with Crippen molar-refractivity contribution in [1.29, 1.82) is 0 Å². The van der Waals surface area contributed by atoms with E-state index in [1.807, 2.05) is 0 Å². The molecule has 1 N–H and O–H groups in total. The Morgan fingerprint density at radius 1 is 1.19 bits per heavy atom. The molecule has 16 heavy (non-hydrogen) atoms. The molecule has 1 saturated heterocycles. The van der Waals surface area contributed by atoms with Gasteiger partial charge in [-0.25, -0.2) is 0 Å². The van der Waals surface area contributed by atoms with Gasteiger partial charge in [0.2, 0.25) is 0 Å². The number of nitrogens with one attached hydrogen (secondary N) is 1. The maximum atomic E-state index is 3.62. The van der Waals surface area contributed by atoms with Crippen molar-refractivity contribution in [1.82, 2.24) is 10.2 Å². The first-order chi connectivity index (χ1) is 7.79. The fourth-order valence-electron chi connectivity index (χ4n) is 3.29. The van der Waals surface area contributed by atoms with Crippen LogP contribution in [0.25, 0.3) is 0 Å². The summed E-state index contributed by atoms with van der Waals surface area (Å²) < 4.78 is 0. The van der Waals surface area contributed by atoms with E-state index in [4.69, 9.17) is 0 Å². The normalized spacial score (nSPS) is 38.2. The van der Waals surface area contributed by atoms with Crippen molar-refractivity contribution in [3.8, 4) is 0 Å². The molecule has 2 heteroatoms. The zero-order valence-electron chi connectivity index (χ0n) is 11.0. The number of hydrogen-bond acceptors (Lipinski definition) is 2. The van der Waals surface area contributed by atoms with Crippen molar-refractivity contribution < 1.29 is 0 Å². The highest BCUT2D eigenvalue weighted by Gasteiger charge is 2.26. The van der Waals surface area contributed by atoms with Crippen LogP contribution in [0.5, 0.6) is 0 Å². The molecule has 2 aliphatic rings. The third kappa shape index (κ3) is 3.21. The number of hydrogen-bond donors (Lipinski definition) is 1. The summed E-state index contributed by atoms with van der Waals surface area (Å²) in [6.07, 6.45) is 8.52. The molecular weight excluding hydrogens is 196 g/mol. The minimum Gasteiger partial charge on any atom is -0.311 e. The Balaban J connectivity index is 1.85. The third-order valence-electron chi connectivity index (χ3n) is 4.52. The molecule has 1 aliphatic heterocycles. The Bertz CT molecular complexity index is 205. The molecule has 94 valence electrons. The second kappa shape index (κ2) is 6.02. The van der Waals surface area contributed by atoms with Crippen molar-refractivity contribution in [2.24, 2.45) is 5.92 Å². The van der Waals surface area contributed by atoms with Crippen LogP contribution in [0.15, 0.2) is 0 Å². The van der Waals surface area contributed by atoms with E-state index in [1.54, 1.807) is 0 Å². The standard InChI is InChI=1S/C14H28N2/c1-3-13-11-16(10-9-15-13)14-6-4-5-12(2)7-8-14/h12-15H,3-11H2,1-2H3. The molecule has 2 nitrogen and oxygen atoms in total. The summed E-state index contributed by atoms with van der Waals surface area (Å²) in [5, 5.41) is 3.62. The minimum absolute atomic E-state index is 0.745. The van der Waals surface area contributed by atoms with Crippen molar-refractivity contribution >= 4 is 0 Å². The first-order valence-electron chi connectivity index (χ1n) is 7.27. The van der Waals surface area contributed by atoms with Gasteiger partial charge < -0.3 is 5.32 Å². The molecule has 0 amide bonds. The molecule has 0 bridgehead atoms. The number of piperazine rings is 1. The van der Waals surface area contributed by atoms with E-state index in [9.17, 15) is 0 Å². The summed E-state index contributed by atoms with van der Waals surface area (Å²) >= 11 is 0. The van der Waals surface area contributed by atoms with Crippen molar-refractivity contribution in [3.05, 3.63) is 0 Å². The lowest BCUT2D eigenvalue weighted by molar-refractivity contribution is 0.129. The molecule has 0 aromatic carbocycles. The van der Waals surface area contributed by atoms with Gasteiger partial charge in [0, 0.05) is 31.7 Å². The predicted octanol–water partition coefficient (Wildman–Crippen LogP) is 2.64. The van der Waals surface area contributed by atoms with Crippen LogP contribution in [0.2, 0.25) is 0 Å². The van der Waals surface area contributed by atoms with Crippen LogP contribution in [-0.2, 0) is 0 Å². The summed E-state index contributed by atoms with van der Waals surface area (Å²) in [5.41, 5.74) is 0. The predicted molar refractivity (Wildman–Crippen MR) is 69.7 cm³/mol. The van der Waals surface area contributed by atoms with E-state index in [2.05, 4.69) is 24.1 Å². The molecule has 3 atom stereocenters. The molecule has 0 aromatic rings. The minimum atomic E-state index is 0.745. The van der Waals surface area contributed by atoms with Gasteiger partial charge in [-0.3, -0.25) is 4.90 Å². The first-order valence-corrected chi connectivity index (χ1v) is 7.27. The summed E-state index contributed by atoms with van der Waals surface area (Å²) in [6, 6.07) is 1.63. The van der Waals surface area contributed by atoms with Crippen molar-refractivity contribution in [2.75, 3.05) is 19.6 Å². The van der Waals surface area contributed by atoms with Gasteiger partial charge in [-0.1, -0.05) is 26.7 Å². The van der Waals surface area contributed by atoms with Crippen LogP contribution >= 0.6 is 0 Å². The van der Waals surface area contributed by atoms with Crippen LogP contribution in [0.4, 0.5) is 0 Å². The zero-order valence-corrected chi connectivity index (χ0v) is 11.0. The van der Waals surface area contributed by atoms with Gasteiger partial charge >= 0.3 is 0 Å². The van der Waals surface area contributed by atoms with Gasteiger partial charge in [0.25, 0.3) is 0 Å². The maximum absolute atomic E-state index is 3.62. The Hall–Kier alpha value is -0.0800. The van der Waals surface area contributed by atoms with Crippen LogP contribution in [0.3, 0.4) is 0 Å². The molecule has 0 spiro atoms. The molecule has 1 aliphatic carbocycles. The molecule has 2 rings (SSSR count). The average molecular weight is 224 g/mol.